The van der Waals surface area contributed by atoms with Crippen molar-refractivity contribution in [1.82, 2.24) is 4.57 Å². The third-order valence-corrected chi connectivity index (χ3v) is 5.16. The Morgan fingerprint density at radius 3 is 2.65 bits per heavy atom. The number of halogens is 1. The second kappa shape index (κ2) is 7.21. The Kier molecular flexibility index (Phi) is 4.99. The Hall–Kier alpha value is -2.80. The molecule has 0 saturated carbocycles. The standard InChI is InChI=1S/C19H17FN2O3S/c1-11-8-12(2)17-15(9-11)22(10-16(23)25-3)19(26-17)21-18(24)13-6-4-5-7-14(13)20/h4-9H,10H2,1-3H3. The minimum Gasteiger partial charge on any atom is -0.468 e. The molecule has 0 saturated heterocycles. The normalized spacial score (nSPS) is 11.8. The van der Waals surface area contributed by atoms with Crippen molar-refractivity contribution in [1.29, 1.82) is 0 Å². The van der Waals surface area contributed by atoms with E-state index < -0.39 is 17.7 Å². The van der Waals surface area contributed by atoms with E-state index >= 15 is 0 Å². The first kappa shape index (κ1) is 18.0. The maximum atomic E-state index is 13.9. The Morgan fingerprint density at radius 2 is 1.96 bits per heavy atom. The third kappa shape index (κ3) is 3.43. The summed E-state index contributed by atoms with van der Waals surface area (Å²) < 4.78 is 21.2. The quantitative estimate of drug-likeness (QED) is 0.662. The summed E-state index contributed by atoms with van der Waals surface area (Å²) in [5, 5.41) is 0. The van der Waals surface area contributed by atoms with Crippen molar-refractivity contribution in [2.24, 2.45) is 4.99 Å². The molecule has 0 spiro atoms. The average Bonchev–Trinajstić information content (AvgIpc) is 2.93. The Bertz CT molecular complexity index is 1080. The molecule has 7 heteroatoms. The maximum absolute atomic E-state index is 13.9. The van der Waals surface area contributed by atoms with Gasteiger partial charge in [-0.25, -0.2) is 4.39 Å². The number of methoxy groups -OCH3 is 1. The summed E-state index contributed by atoms with van der Waals surface area (Å²) in [7, 11) is 1.30. The smallest absolute Gasteiger partial charge is 0.325 e. The highest BCUT2D eigenvalue weighted by molar-refractivity contribution is 7.16. The summed E-state index contributed by atoms with van der Waals surface area (Å²) in [5.74, 6) is -1.78. The van der Waals surface area contributed by atoms with Crippen LogP contribution in [0.25, 0.3) is 10.2 Å². The first-order valence-corrected chi connectivity index (χ1v) is 8.73. The van der Waals surface area contributed by atoms with Crippen LogP contribution in [0.3, 0.4) is 0 Å². The predicted octanol–water partition coefficient (Wildman–Crippen LogP) is 3.37. The highest BCUT2D eigenvalue weighted by Gasteiger charge is 2.15. The van der Waals surface area contributed by atoms with Gasteiger partial charge in [-0.2, -0.15) is 4.99 Å². The summed E-state index contributed by atoms with van der Waals surface area (Å²) in [6.07, 6.45) is 0. The molecule has 1 amide bonds. The molecule has 0 atom stereocenters. The highest BCUT2D eigenvalue weighted by atomic mass is 32.1. The predicted molar refractivity (Wildman–Crippen MR) is 97.6 cm³/mol. The number of thiazole rings is 1. The lowest BCUT2D eigenvalue weighted by atomic mass is 10.1. The van der Waals surface area contributed by atoms with E-state index in [1.807, 2.05) is 26.0 Å². The molecule has 0 bridgehead atoms. The molecule has 0 fully saturated rings. The SMILES string of the molecule is COC(=O)Cn1c(=NC(=O)c2ccccc2F)sc2c(C)cc(C)cc21. The molecule has 0 unspecified atom stereocenters. The average molecular weight is 372 g/mol. The number of esters is 1. The van der Waals surface area contributed by atoms with E-state index in [1.165, 1.54) is 36.6 Å². The van der Waals surface area contributed by atoms with Crippen LogP contribution in [0.4, 0.5) is 4.39 Å². The summed E-state index contributed by atoms with van der Waals surface area (Å²) in [4.78, 5) is 28.7. The Morgan fingerprint density at radius 1 is 1.23 bits per heavy atom. The molecule has 1 heterocycles. The highest BCUT2D eigenvalue weighted by Crippen LogP contribution is 2.23. The fourth-order valence-corrected chi connectivity index (χ4v) is 3.80. The van der Waals surface area contributed by atoms with Crippen LogP contribution in [0, 0.1) is 19.7 Å². The summed E-state index contributed by atoms with van der Waals surface area (Å²) in [5.41, 5.74) is 2.72. The number of carbonyl (C=O) groups excluding carboxylic acids is 2. The second-order valence-corrected chi connectivity index (χ2v) is 6.85. The van der Waals surface area contributed by atoms with Gasteiger partial charge in [0.1, 0.15) is 12.4 Å². The molecule has 0 aliphatic carbocycles. The lowest BCUT2D eigenvalue weighted by Gasteiger charge is -2.05. The number of nitrogens with zero attached hydrogens (tertiary/aromatic N) is 2. The minimum atomic E-state index is -0.692. The maximum Gasteiger partial charge on any atom is 0.325 e. The van der Waals surface area contributed by atoms with Crippen LogP contribution in [0.5, 0.6) is 0 Å². The van der Waals surface area contributed by atoms with Gasteiger partial charge in [-0.05, 0) is 43.2 Å². The van der Waals surface area contributed by atoms with E-state index in [0.717, 1.165) is 21.3 Å². The zero-order valence-corrected chi connectivity index (χ0v) is 15.4. The number of carbonyl (C=O) groups is 2. The monoisotopic (exact) mass is 372 g/mol. The van der Waals surface area contributed by atoms with E-state index in [4.69, 9.17) is 4.74 Å². The molecule has 26 heavy (non-hydrogen) atoms. The van der Waals surface area contributed by atoms with Gasteiger partial charge in [0.05, 0.1) is 22.9 Å². The molecule has 3 aromatic rings. The fourth-order valence-electron chi connectivity index (χ4n) is 2.73. The second-order valence-electron chi connectivity index (χ2n) is 5.87. The van der Waals surface area contributed by atoms with Crippen LogP contribution in [-0.2, 0) is 16.1 Å². The summed E-state index contributed by atoms with van der Waals surface area (Å²) in [6, 6.07) is 9.62. The Labute approximate surface area is 153 Å². The first-order valence-electron chi connectivity index (χ1n) is 7.91. The van der Waals surface area contributed by atoms with Gasteiger partial charge in [-0.3, -0.25) is 9.59 Å². The number of ether oxygens (including phenoxy) is 1. The molecule has 134 valence electrons. The van der Waals surface area contributed by atoms with Crippen LogP contribution in [0.2, 0.25) is 0 Å². The molecule has 2 aromatic carbocycles. The minimum absolute atomic E-state index is 0.0806. The van der Waals surface area contributed by atoms with Crippen LogP contribution in [0.1, 0.15) is 21.5 Å². The van der Waals surface area contributed by atoms with Crippen LogP contribution in [-0.4, -0.2) is 23.6 Å². The number of rotatable bonds is 3. The molecular weight excluding hydrogens is 355 g/mol. The van der Waals surface area contributed by atoms with Gasteiger partial charge in [-0.1, -0.05) is 29.5 Å². The van der Waals surface area contributed by atoms with Crippen molar-refractivity contribution in [3.8, 4) is 0 Å². The van der Waals surface area contributed by atoms with Crippen LogP contribution >= 0.6 is 11.3 Å². The van der Waals surface area contributed by atoms with Gasteiger partial charge in [0.2, 0.25) is 0 Å². The van der Waals surface area contributed by atoms with Gasteiger partial charge < -0.3 is 9.30 Å². The largest absolute Gasteiger partial charge is 0.468 e. The van der Waals surface area contributed by atoms with Gasteiger partial charge in [0, 0.05) is 0 Å². The van der Waals surface area contributed by atoms with Crippen molar-refractivity contribution in [2.45, 2.75) is 20.4 Å². The Balaban J connectivity index is 2.22. The number of fused-ring (bicyclic) bond motifs is 1. The molecule has 0 aliphatic rings. The number of benzene rings is 2. The summed E-state index contributed by atoms with van der Waals surface area (Å²) in [6.45, 7) is 3.83. The molecule has 0 N–H and O–H groups in total. The van der Waals surface area contributed by atoms with E-state index in [1.54, 1.807) is 10.6 Å². The number of amides is 1. The molecule has 5 nitrogen and oxygen atoms in total. The zero-order valence-electron chi connectivity index (χ0n) is 14.6. The molecule has 0 radical (unpaired) electrons. The summed E-state index contributed by atoms with van der Waals surface area (Å²) >= 11 is 1.29. The van der Waals surface area contributed by atoms with E-state index in [0.29, 0.717) is 4.80 Å². The zero-order chi connectivity index (χ0) is 18.8. The number of aryl methyl sites for hydroxylation is 2. The molecular formula is C19H17FN2O3S. The topological polar surface area (TPSA) is 60.7 Å². The van der Waals surface area contributed by atoms with Gasteiger partial charge in [0.15, 0.2) is 4.80 Å². The van der Waals surface area contributed by atoms with E-state index in [-0.39, 0.29) is 12.1 Å². The van der Waals surface area contributed by atoms with Crippen molar-refractivity contribution >= 4 is 33.4 Å². The third-order valence-electron chi connectivity index (χ3n) is 3.93. The van der Waals surface area contributed by atoms with Crippen molar-refractivity contribution in [3.63, 3.8) is 0 Å². The van der Waals surface area contributed by atoms with Crippen LogP contribution < -0.4 is 4.80 Å². The van der Waals surface area contributed by atoms with Crippen molar-refractivity contribution < 1.29 is 18.7 Å². The fraction of sp³-hybridized carbons (Fsp3) is 0.211. The number of hydrogen-bond donors (Lipinski definition) is 0. The lowest BCUT2D eigenvalue weighted by molar-refractivity contribution is -0.141. The first-order chi connectivity index (χ1) is 12.4. The molecule has 3 rings (SSSR count). The van der Waals surface area contributed by atoms with E-state index in [9.17, 15) is 14.0 Å². The van der Waals surface area contributed by atoms with Crippen LogP contribution in [0.15, 0.2) is 41.4 Å². The van der Waals surface area contributed by atoms with Gasteiger partial charge >= 0.3 is 5.97 Å². The molecule has 0 aliphatic heterocycles. The van der Waals surface area contributed by atoms with Crippen molar-refractivity contribution in [2.75, 3.05) is 7.11 Å². The lowest BCUT2D eigenvalue weighted by Crippen LogP contribution is -2.22. The van der Waals surface area contributed by atoms with Gasteiger partial charge in [-0.15, -0.1) is 0 Å². The van der Waals surface area contributed by atoms with Crippen molar-refractivity contribution in [3.05, 3.63) is 63.7 Å². The number of hydrogen-bond acceptors (Lipinski definition) is 4. The van der Waals surface area contributed by atoms with E-state index in [2.05, 4.69) is 4.99 Å². The number of aromatic nitrogens is 1. The molecule has 1 aromatic heterocycles. The van der Waals surface area contributed by atoms with Gasteiger partial charge in [0.25, 0.3) is 5.91 Å².